The molecular formula is C23H27F3N2O. The Morgan fingerprint density at radius 2 is 1.69 bits per heavy atom. The molecule has 0 unspecified atom stereocenters. The lowest BCUT2D eigenvalue weighted by Gasteiger charge is -2.33. The Bertz CT molecular complexity index is 797. The van der Waals surface area contributed by atoms with Crippen LogP contribution in [0.25, 0.3) is 0 Å². The van der Waals surface area contributed by atoms with Crippen LogP contribution < -0.4 is 4.90 Å². The molecule has 3 nitrogen and oxygen atoms in total. The highest BCUT2D eigenvalue weighted by Crippen LogP contribution is 2.24. The van der Waals surface area contributed by atoms with Crippen molar-refractivity contribution in [3.8, 4) is 0 Å². The molecule has 2 aromatic rings. The van der Waals surface area contributed by atoms with E-state index in [2.05, 4.69) is 29.2 Å². The van der Waals surface area contributed by atoms with Crippen molar-refractivity contribution in [1.29, 1.82) is 0 Å². The molecule has 1 heterocycles. The third kappa shape index (κ3) is 5.60. The van der Waals surface area contributed by atoms with Crippen LogP contribution in [0.4, 0.5) is 18.9 Å². The maximum atomic E-state index is 13.6. The van der Waals surface area contributed by atoms with E-state index >= 15 is 0 Å². The minimum Gasteiger partial charge on any atom is -0.311 e. The number of piperidine rings is 1. The van der Waals surface area contributed by atoms with Gasteiger partial charge >= 0.3 is 0 Å². The molecule has 0 atom stereocenters. The number of carbonyl (C=O) groups is 1. The molecule has 0 aliphatic carbocycles. The SMILES string of the molecule is CCC(=O)N(CCN1CCC(Cc2ccccc2)CC1)c1cc(F)c(F)c(F)c1. The summed E-state index contributed by atoms with van der Waals surface area (Å²) < 4.78 is 40.5. The Morgan fingerprint density at radius 1 is 1.07 bits per heavy atom. The van der Waals surface area contributed by atoms with Crippen molar-refractivity contribution in [2.24, 2.45) is 5.92 Å². The van der Waals surface area contributed by atoms with Crippen LogP contribution >= 0.6 is 0 Å². The second kappa shape index (κ2) is 9.92. The van der Waals surface area contributed by atoms with E-state index in [4.69, 9.17) is 0 Å². The number of halogens is 3. The maximum absolute atomic E-state index is 13.6. The fourth-order valence-corrected chi connectivity index (χ4v) is 3.89. The van der Waals surface area contributed by atoms with Crippen LogP contribution in [-0.4, -0.2) is 37.0 Å². The molecule has 0 bridgehead atoms. The van der Waals surface area contributed by atoms with Crippen LogP contribution in [0.2, 0.25) is 0 Å². The van der Waals surface area contributed by atoms with Crippen LogP contribution in [0.15, 0.2) is 42.5 Å². The first-order valence-electron chi connectivity index (χ1n) is 10.2. The van der Waals surface area contributed by atoms with Gasteiger partial charge in [-0.15, -0.1) is 0 Å². The van der Waals surface area contributed by atoms with Crippen LogP contribution in [0.1, 0.15) is 31.7 Å². The van der Waals surface area contributed by atoms with Gasteiger partial charge < -0.3 is 9.80 Å². The zero-order valence-electron chi connectivity index (χ0n) is 16.7. The second-order valence-electron chi connectivity index (χ2n) is 7.60. The zero-order valence-corrected chi connectivity index (χ0v) is 16.7. The quantitative estimate of drug-likeness (QED) is 0.619. The fourth-order valence-electron chi connectivity index (χ4n) is 3.89. The van der Waals surface area contributed by atoms with Gasteiger partial charge in [0.1, 0.15) is 0 Å². The van der Waals surface area contributed by atoms with Gasteiger partial charge in [-0.1, -0.05) is 37.3 Å². The van der Waals surface area contributed by atoms with Crippen LogP contribution in [0.3, 0.4) is 0 Å². The molecule has 0 spiro atoms. The fraction of sp³-hybridized carbons (Fsp3) is 0.435. The van der Waals surface area contributed by atoms with Gasteiger partial charge in [-0.25, -0.2) is 13.2 Å². The maximum Gasteiger partial charge on any atom is 0.226 e. The smallest absolute Gasteiger partial charge is 0.226 e. The van der Waals surface area contributed by atoms with E-state index in [1.54, 1.807) is 6.92 Å². The lowest BCUT2D eigenvalue weighted by atomic mass is 9.90. The molecule has 3 rings (SSSR count). The molecule has 2 aromatic carbocycles. The first-order chi connectivity index (χ1) is 14.0. The van der Waals surface area contributed by atoms with Gasteiger partial charge in [0.15, 0.2) is 17.5 Å². The van der Waals surface area contributed by atoms with E-state index in [-0.39, 0.29) is 18.0 Å². The highest BCUT2D eigenvalue weighted by Gasteiger charge is 2.23. The van der Waals surface area contributed by atoms with E-state index in [0.29, 0.717) is 19.0 Å². The van der Waals surface area contributed by atoms with E-state index in [0.717, 1.165) is 44.5 Å². The molecule has 1 fully saturated rings. The Kier molecular flexibility index (Phi) is 7.31. The van der Waals surface area contributed by atoms with Crippen LogP contribution in [0, 0.1) is 23.4 Å². The first-order valence-corrected chi connectivity index (χ1v) is 10.2. The number of nitrogens with zero attached hydrogens (tertiary/aromatic N) is 2. The third-order valence-corrected chi connectivity index (χ3v) is 5.60. The predicted octanol–water partition coefficient (Wildman–Crippen LogP) is 4.80. The largest absolute Gasteiger partial charge is 0.311 e. The summed E-state index contributed by atoms with van der Waals surface area (Å²) in [5.41, 5.74) is 1.42. The van der Waals surface area contributed by atoms with Crippen molar-refractivity contribution in [3.63, 3.8) is 0 Å². The monoisotopic (exact) mass is 404 g/mol. The van der Waals surface area contributed by atoms with Crippen molar-refractivity contribution < 1.29 is 18.0 Å². The molecule has 1 saturated heterocycles. The highest BCUT2D eigenvalue weighted by atomic mass is 19.2. The third-order valence-electron chi connectivity index (χ3n) is 5.60. The Balaban J connectivity index is 1.56. The van der Waals surface area contributed by atoms with Gasteiger partial charge in [-0.3, -0.25) is 4.79 Å². The second-order valence-corrected chi connectivity index (χ2v) is 7.60. The Hall–Kier alpha value is -2.34. The molecule has 0 aromatic heterocycles. The summed E-state index contributed by atoms with van der Waals surface area (Å²) >= 11 is 0. The van der Waals surface area contributed by atoms with Crippen molar-refractivity contribution in [1.82, 2.24) is 4.90 Å². The number of hydrogen-bond donors (Lipinski definition) is 0. The molecule has 1 amide bonds. The van der Waals surface area contributed by atoms with E-state index in [9.17, 15) is 18.0 Å². The van der Waals surface area contributed by atoms with Gasteiger partial charge in [0.2, 0.25) is 5.91 Å². The van der Waals surface area contributed by atoms with Crippen LogP contribution in [0.5, 0.6) is 0 Å². The van der Waals surface area contributed by atoms with Crippen LogP contribution in [-0.2, 0) is 11.2 Å². The number of anilines is 1. The van der Waals surface area contributed by atoms with Crippen molar-refractivity contribution in [2.45, 2.75) is 32.6 Å². The lowest BCUT2D eigenvalue weighted by Crippen LogP contribution is -2.42. The topological polar surface area (TPSA) is 23.6 Å². The van der Waals surface area contributed by atoms with Gasteiger partial charge in [0.25, 0.3) is 0 Å². The Morgan fingerprint density at radius 3 is 2.28 bits per heavy atom. The van der Waals surface area contributed by atoms with Crippen molar-refractivity contribution >= 4 is 11.6 Å². The summed E-state index contributed by atoms with van der Waals surface area (Å²) in [6.45, 7) is 4.49. The van der Waals surface area contributed by atoms with E-state index in [1.807, 2.05) is 6.07 Å². The molecule has 6 heteroatoms. The van der Waals surface area contributed by atoms with Gasteiger partial charge in [-0.2, -0.15) is 0 Å². The summed E-state index contributed by atoms with van der Waals surface area (Å²) in [4.78, 5) is 15.9. The summed E-state index contributed by atoms with van der Waals surface area (Å²) in [6.07, 6.45) is 3.44. The summed E-state index contributed by atoms with van der Waals surface area (Å²) in [6, 6.07) is 12.2. The van der Waals surface area contributed by atoms with Gasteiger partial charge in [0.05, 0.1) is 0 Å². The summed E-state index contributed by atoms with van der Waals surface area (Å²) in [5.74, 6) is -3.68. The normalized spacial score (nSPS) is 15.4. The number of benzene rings is 2. The molecule has 29 heavy (non-hydrogen) atoms. The average Bonchev–Trinajstić information content (AvgIpc) is 2.73. The summed E-state index contributed by atoms with van der Waals surface area (Å²) in [7, 11) is 0. The molecule has 0 saturated carbocycles. The number of amides is 1. The minimum absolute atomic E-state index is 0.0622. The minimum atomic E-state index is -1.52. The number of rotatable bonds is 7. The number of likely N-dealkylation sites (tertiary alicyclic amines) is 1. The van der Waals surface area contributed by atoms with Crippen molar-refractivity contribution in [2.75, 3.05) is 31.1 Å². The Labute approximate surface area is 170 Å². The number of hydrogen-bond acceptors (Lipinski definition) is 2. The molecule has 1 aliphatic rings. The first kappa shape index (κ1) is 21.4. The van der Waals surface area contributed by atoms with Gasteiger partial charge in [0, 0.05) is 37.3 Å². The van der Waals surface area contributed by atoms with Crippen molar-refractivity contribution in [3.05, 3.63) is 65.5 Å². The standard InChI is InChI=1S/C23H27F3N2O/c1-2-22(29)28(19-15-20(24)23(26)21(25)16-19)13-12-27-10-8-18(9-11-27)14-17-6-4-3-5-7-17/h3-7,15-16,18H,2,8-14H2,1H3. The lowest BCUT2D eigenvalue weighted by molar-refractivity contribution is -0.118. The molecule has 0 radical (unpaired) electrons. The molecule has 156 valence electrons. The predicted molar refractivity (Wildman–Crippen MR) is 108 cm³/mol. The summed E-state index contributed by atoms with van der Waals surface area (Å²) in [5, 5.41) is 0. The van der Waals surface area contributed by atoms with Gasteiger partial charge in [-0.05, 0) is 43.8 Å². The number of carbonyl (C=O) groups excluding carboxylic acids is 1. The van der Waals surface area contributed by atoms with E-state index < -0.39 is 17.5 Å². The average molecular weight is 404 g/mol. The highest BCUT2D eigenvalue weighted by molar-refractivity contribution is 5.93. The van der Waals surface area contributed by atoms with E-state index in [1.165, 1.54) is 10.5 Å². The molecular weight excluding hydrogens is 377 g/mol. The zero-order chi connectivity index (χ0) is 20.8. The molecule has 1 aliphatic heterocycles. The molecule has 0 N–H and O–H groups in total.